The minimum absolute atomic E-state index is 0.00441. The van der Waals surface area contributed by atoms with Crippen molar-refractivity contribution in [1.82, 2.24) is 5.32 Å². The van der Waals surface area contributed by atoms with E-state index in [1.807, 2.05) is 0 Å². The summed E-state index contributed by atoms with van der Waals surface area (Å²) in [5.74, 6) is -1.13. The third-order valence-electron chi connectivity index (χ3n) is 2.25. The van der Waals surface area contributed by atoms with Crippen LogP contribution in [-0.2, 0) is 9.53 Å². The summed E-state index contributed by atoms with van der Waals surface area (Å²) in [7, 11) is 0. The summed E-state index contributed by atoms with van der Waals surface area (Å²) in [6.07, 6.45) is -0.616. The lowest BCUT2D eigenvalue weighted by atomic mass is 10.2. The van der Waals surface area contributed by atoms with Gasteiger partial charge in [0, 0.05) is 13.0 Å². The molecule has 0 bridgehead atoms. The highest BCUT2D eigenvalue weighted by atomic mass is 35.5. The van der Waals surface area contributed by atoms with Crippen LogP contribution in [0.15, 0.2) is 18.2 Å². The van der Waals surface area contributed by atoms with Crippen LogP contribution in [0.4, 0.5) is 14.9 Å². The third kappa shape index (κ3) is 6.44. The van der Waals surface area contributed by atoms with Crippen molar-refractivity contribution in [1.29, 1.82) is 0 Å². The lowest BCUT2D eigenvalue weighted by molar-refractivity contribution is -0.116. The van der Waals surface area contributed by atoms with Crippen molar-refractivity contribution in [3.63, 3.8) is 0 Å². The lowest BCUT2D eigenvalue weighted by Crippen LogP contribution is -2.34. The molecule has 0 aliphatic carbocycles. The summed E-state index contributed by atoms with van der Waals surface area (Å²) < 4.78 is 18.6. The van der Waals surface area contributed by atoms with Gasteiger partial charge in [-0.05, 0) is 32.9 Å². The van der Waals surface area contributed by atoms with Gasteiger partial charge < -0.3 is 15.4 Å². The van der Waals surface area contributed by atoms with Crippen molar-refractivity contribution in [2.24, 2.45) is 0 Å². The largest absolute Gasteiger partial charge is 0.444 e. The maximum absolute atomic E-state index is 13.6. The first-order valence-electron chi connectivity index (χ1n) is 6.40. The maximum Gasteiger partial charge on any atom is 0.407 e. The molecule has 0 radical (unpaired) electrons. The molecule has 0 aromatic heterocycles. The monoisotopic (exact) mass is 316 g/mol. The second kappa shape index (κ2) is 7.26. The van der Waals surface area contributed by atoms with Crippen molar-refractivity contribution in [3.05, 3.63) is 29.0 Å². The molecule has 5 nitrogen and oxygen atoms in total. The fourth-order valence-corrected chi connectivity index (χ4v) is 1.58. The van der Waals surface area contributed by atoms with Crippen LogP contribution in [-0.4, -0.2) is 24.1 Å². The predicted molar refractivity (Wildman–Crippen MR) is 78.9 cm³/mol. The van der Waals surface area contributed by atoms with Gasteiger partial charge in [-0.2, -0.15) is 0 Å². The minimum atomic E-state index is -0.687. The highest BCUT2D eigenvalue weighted by molar-refractivity contribution is 6.31. The molecule has 7 heteroatoms. The zero-order chi connectivity index (χ0) is 16.0. The van der Waals surface area contributed by atoms with Crippen LogP contribution in [0.25, 0.3) is 0 Å². The van der Waals surface area contributed by atoms with Gasteiger partial charge in [-0.1, -0.05) is 17.7 Å². The molecule has 0 saturated heterocycles. The predicted octanol–water partition coefficient (Wildman–Crippen LogP) is 3.33. The quantitative estimate of drug-likeness (QED) is 0.895. The highest BCUT2D eigenvalue weighted by Crippen LogP contribution is 2.21. The molecule has 0 aliphatic rings. The van der Waals surface area contributed by atoms with Gasteiger partial charge in [-0.15, -0.1) is 0 Å². The molecule has 2 amide bonds. The Balaban J connectivity index is 2.38. The van der Waals surface area contributed by atoms with Crippen LogP contribution in [0.5, 0.6) is 0 Å². The number of hydrogen-bond donors (Lipinski definition) is 2. The Morgan fingerprint density at radius 1 is 1.33 bits per heavy atom. The molecule has 0 spiro atoms. The van der Waals surface area contributed by atoms with Crippen LogP contribution < -0.4 is 10.6 Å². The number of alkyl carbamates (subject to hydrolysis) is 1. The lowest BCUT2D eigenvalue weighted by Gasteiger charge is -2.19. The van der Waals surface area contributed by atoms with E-state index < -0.39 is 23.4 Å². The van der Waals surface area contributed by atoms with Gasteiger partial charge in [0.1, 0.15) is 5.60 Å². The summed E-state index contributed by atoms with van der Waals surface area (Å²) in [5, 5.41) is 4.75. The Kier molecular flexibility index (Phi) is 5.96. The van der Waals surface area contributed by atoms with E-state index in [2.05, 4.69) is 10.6 Å². The molecule has 0 saturated carbocycles. The summed E-state index contributed by atoms with van der Waals surface area (Å²) in [6, 6.07) is 4.32. The van der Waals surface area contributed by atoms with Crippen LogP contribution in [0.3, 0.4) is 0 Å². The molecule has 0 heterocycles. The van der Waals surface area contributed by atoms with Crippen LogP contribution in [0, 0.1) is 5.82 Å². The number of rotatable bonds is 4. The number of amides is 2. The fraction of sp³-hybridized carbons (Fsp3) is 0.429. The van der Waals surface area contributed by atoms with Crippen LogP contribution in [0.2, 0.25) is 5.02 Å². The molecule has 0 atom stereocenters. The van der Waals surface area contributed by atoms with Gasteiger partial charge in [0.05, 0.1) is 10.7 Å². The Morgan fingerprint density at radius 3 is 2.62 bits per heavy atom. The molecule has 0 fully saturated rings. The zero-order valence-electron chi connectivity index (χ0n) is 12.1. The molecule has 0 aliphatic heterocycles. The summed E-state index contributed by atoms with van der Waals surface area (Å²) in [5.41, 5.74) is -0.597. The molecule has 1 aromatic rings. The first-order valence-corrected chi connectivity index (χ1v) is 6.77. The van der Waals surface area contributed by atoms with E-state index in [1.165, 1.54) is 18.2 Å². The smallest absolute Gasteiger partial charge is 0.407 e. The highest BCUT2D eigenvalue weighted by Gasteiger charge is 2.16. The number of carbonyl (C=O) groups is 2. The molecule has 2 N–H and O–H groups in total. The second-order valence-corrected chi connectivity index (χ2v) is 5.74. The van der Waals surface area contributed by atoms with Crippen molar-refractivity contribution in [3.8, 4) is 0 Å². The average Bonchev–Trinajstić information content (AvgIpc) is 2.32. The van der Waals surface area contributed by atoms with Crippen LogP contribution in [0.1, 0.15) is 27.2 Å². The SMILES string of the molecule is CC(C)(C)OC(=O)NCCC(=O)Nc1cccc(Cl)c1F. The topological polar surface area (TPSA) is 67.4 Å². The Bertz CT molecular complexity index is 529. The minimum Gasteiger partial charge on any atom is -0.444 e. The zero-order valence-corrected chi connectivity index (χ0v) is 12.9. The van der Waals surface area contributed by atoms with Gasteiger partial charge >= 0.3 is 6.09 Å². The maximum atomic E-state index is 13.6. The van der Waals surface area contributed by atoms with E-state index in [0.29, 0.717) is 0 Å². The van der Waals surface area contributed by atoms with Gasteiger partial charge in [0.2, 0.25) is 5.91 Å². The van der Waals surface area contributed by atoms with Crippen molar-refractivity contribution in [2.45, 2.75) is 32.8 Å². The molecular formula is C14H18ClFN2O3. The summed E-state index contributed by atoms with van der Waals surface area (Å²) >= 11 is 5.60. The normalized spacial score (nSPS) is 10.9. The Labute approximate surface area is 127 Å². The first-order chi connectivity index (χ1) is 9.69. The van der Waals surface area contributed by atoms with Crippen molar-refractivity contribution >= 4 is 29.3 Å². The van der Waals surface area contributed by atoms with Gasteiger partial charge in [-0.3, -0.25) is 4.79 Å². The van der Waals surface area contributed by atoms with Crippen molar-refractivity contribution in [2.75, 3.05) is 11.9 Å². The number of nitrogens with one attached hydrogen (secondary N) is 2. The molecular weight excluding hydrogens is 299 g/mol. The molecule has 1 aromatic carbocycles. The number of ether oxygens (including phenoxy) is 1. The standard InChI is InChI=1S/C14H18ClFN2O3/c1-14(2,3)21-13(20)17-8-7-11(19)18-10-6-4-5-9(15)12(10)16/h4-6H,7-8H2,1-3H3,(H,17,20)(H,18,19). The van der Waals surface area contributed by atoms with E-state index in [4.69, 9.17) is 16.3 Å². The summed E-state index contributed by atoms with van der Waals surface area (Å²) in [6.45, 7) is 5.30. The fourth-order valence-electron chi connectivity index (χ4n) is 1.41. The molecule has 21 heavy (non-hydrogen) atoms. The van der Waals surface area contributed by atoms with E-state index in [9.17, 15) is 14.0 Å². The van der Waals surface area contributed by atoms with E-state index in [-0.39, 0.29) is 23.7 Å². The van der Waals surface area contributed by atoms with Gasteiger partial charge in [-0.25, -0.2) is 9.18 Å². The number of hydrogen-bond acceptors (Lipinski definition) is 3. The van der Waals surface area contributed by atoms with Gasteiger partial charge in [0.25, 0.3) is 0 Å². The van der Waals surface area contributed by atoms with E-state index in [1.54, 1.807) is 20.8 Å². The van der Waals surface area contributed by atoms with E-state index in [0.717, 1.165) is 0 Å². The third-order valence-corrected chi connectivity index (χ3v) is 2.54. The second-order valence-electron chi connectivity index (χ2n) is 5.33. The Hall–Kier alpha value is -1.82. The number of benzene rings is 1. The van der Waals surface area contributed by atoms with Crippen molar-refractivity contribution < 1.29 is 18.7 Å². The number of carbonyl (C=O) groups excluding carboxylic acids is 2. The Morgan fingerprint density at radius 2 is 2.00 bits per heavy atom. The number of halogens is 2. The van der Waals surface area contributed by atoms with E-state index >= 15 is 0 Å². The average molecular weight is 317 g/mol. The first kappa shape index (κ1) is 17.2. The van der Waals surface area contributed by atoms with Crippen LogP contribution >= 0.6 is 11.6 Å². The molecule has 1 rings (SSSR count). The number of anilines is 1. The van der Waals surface area contributed by atoms with Gasteiger partial charge in [0.15, 0.2) is 5.82 Å². The summed E-state index contributed by atoms with van der Waals surface area (Å²) in [4.78, 5) is 23.0. The molecule has 0 unspecified atom stereocenters. The molecule has 116 valence electrons.